The molecule has 0 aliphatic rings. The molecule has 2 aromatic heterocycles. The van der Waals surface area contributed by atoms with Crippen LogP contribution in [0.1, 0.15) is 0 Å². The molecule has 0 bridgehead atoms. The van der Waals surface area contributed by atoms with Crippen LogP contribution in [0.25, 0.3) is 22.8 Å². The molecule has 0 aliphatic carbocycles. The summed E-state index contributed by atoms with van der Waals surface area (Å²) < 4.78 is 8.54. The van der Waals surface area contributed by atoms with Gasteiger partial charge in [-0.15, -0.1) is 0 Å². The molecule has 0 saturated carbocycles. The number of rotatable bonds is 10. The van der Waals surface area contributed by atoms with Gasteiger partial charge < -0.3 is 5.11 Å². The van der Waals surface area contributed by atoms with E-state index in [-0.39, 0.29) is 0 Å². The molecule has 0 saturated heterocycles. The van der Waals surface area contributed by atoms with E-state index < -0.39 is 6.10 Å². The zero-order valence-electron chi connectivity index (χ0n) is 18.3. The van der Waals surface area contributed by atoms with Gasteiger partial charge >= 0.3 is 0 Å². The van der Waals surface area contributed by atoms with E-state index in [1.807, 2.05) is 73.3 Å². The Kier molecular flexibility index (Phi) is 6.78. The van der Waals surface area contributed by atoms with Crippen molar-refractivity contribution in [2.75, 3.05) is 0 Å². The van der Waals surface area contributed by atoms with Crippen molar-refractivity contribution >= 4 is 0 Å². The lowest BCUT2D eigenvalue weighted by Gasteiger charge is -2.11. The van der Waals surface area contributed by atoms with E-state index in [1.54, 1.807) is 0 Å². The van der Waals surface area contributed by atoms with Gasteiger partial charge in [0.1, 0.15) is 57.1 Å². The van der Waals surface area contributed by atoms with Gasteiger partial charge in [-0.1, -0.05) is 61.7 Å². The highest BCUT2D eigenvalue weighted by Crippen LogP contribution is 2.17. The van der Waals surface area contributed by atoms with Crippen LogP contribution in [0, 0.1) is 0 Å². The molecule has 0 fully saturated rings. The minimum atomic E-state index is -0.561. The Morgan fingerprint density at radius 3 is 1.50 bits per heavy atom. The topological polar surface area (TPSA) is 37.9 Å². The molecule has 2 heterocycles. The van der Waals surface area contributed by atoms with Crippen LogP contribution in [0.5, 0.6) is 0 Å². The van der Waals surface area contributed by atoms with E-state index >= 15 is 0 Å². The SMILES string of the molecule is C=CCn1cc[n+](CC(O)C[n+]2ccn(CC=C)c2-c2ccccc2)c1-c1ccccc1. The lowest BCUT2D eigenvalue weighted by atomic mass is 10.2. The number of benzene rings is 2. The van der Waals surface area contributed by atoms with Crippen LogP contribution in [0.15, 0.2) is 111 Å². The maximum atomic E-state index is 11.1. The third-order valence-corrected chi connectivity index (χ3v) is 5.47. The molecule has 4 rings (SSSR count). The van der Waals surface area contributed by atoms with Gasteiger partial charge in [0.2, 0.25) is 0 Å². The van der Waals surface area contributed by atoms with Gasteiger partial charge in [0, 0.05) is 0 Å². The zero-order chi connectivity index (χ0) is 22.3. The first-order chi connectivity index (χ1) is 15.7. The number of aliphatic hydroxyl groups excluding tert-OH is 1. The number of aromatic nitrogens is 4. The van der Waals surface area contributed by atoms with Crippen LogP contribution in [-0.2, 0) is 26.2 Å². The fourth-order valence-corrected chi connectivity index (χ4v) is 4.15. The van der Waals surface area contributed by atoms with Crippen LogP contribution < -0.4 is 9.13 Å². The molecule has 0 radical (unpaired) electrons. The van der Waals surface area contributed by atoms with Crippen LogP contribution in [0.2, 0.25) is 0 Å². The number of nitrogens with zero attached hydrogens (tertiary/aromatic N) is 4. The van der Waals surface area contributed by atoms with Crippen molar-refractivity contribution < 1.29 is 14.2 Å². The van der Waals surface area contributed by atoms with Crippen LogP contribution >= 0.6 is 0 Å². The summed E-state index contributed by atoms with van der Waals surface area (Å²) in [7, 11) is 0. The van der Waals surface area contributed by atoms with E-state index in [4.69, 9.17) is 0 Å². The Hall–Kier alpha value is -3.70. The van der Waals surface area contributed by atoms with Crippen LogP contribution in [0.4, 0.5) is 0 Å². The minimum Gasteiger partial charge on any atom is -0.385 e. The lowest BCUT2D eigenvalue weighted by Crippen LogP contribution is -2.48. The fraction of sp³-hybridized carbons (Fsp3) is 0.185. The summed E-state index contributed by atoms with van der Waals surface area (Å²) in [5.74, 6) is 2.11. The molecule has 1 N–H and O–H groups in total. The number of hydrogen-bond donors (Lipinski definition) is 1. The van der Waals surface area contributed by atoms with Gasteiger partial charge in [-0.2, -0.15) is 0 Å². The van der Waals surface area contributed by atoms with Crippen molar-refractivity contribution in [2.45, 2.75) is 32.3 Å². The van der Waals surface area contributed by atoms with Crippen molar-refractivity contribution in [3.05, 3.63) is 111 Å². The minimum absolute atomic E-state index is 0.488. The summed E-state index contributed by atoms with van der Waals surface area (Å²) in [5, 5.41) is 11.1. The largest absolute Gasteiger partial charge is 0.385 e. The van der Waals surface area contributed by atoms with E-state index in [2.05, 4.69) is 55.7 Å². The third-order valence-electron chi connectivity index (χ3n) is 5.47. The number of allylic oxidation sites excluding steroid dienone is 2. The summed E-state index contributed by atoms with van der Waals surface area (Å²) in [4.78, 5) is 0. The molecule has 162 valence electrons. The zero-order valence-corrected chi connectivity index (χ0v) is 18.3. The van der Waals surface area contributed by atoms with Crippen molar-refractivity contribution in [1.29, 1.82) is 0 Å². The second-order valence-electron chi connectivity index (χ2n) is 7.82. The Morgan fingerprint density at radius 2 is 1.12 bits per heavy atom. The lowest BCUT2D eigenvalue weighted by molar-refractivity contribution is -0.727. The Labute approximate surface area is 189 Å². The van der Waals surface area contributed by atoms with Crippen molar-refractivity contribution in [3.8, 4) is 22.8 Å². The number of aliphatic hydroxyl groups is 1. The molecule has 5 nitrogen and oxygen atoms in total. The van der Waals surface area contributed by atoms with E-state index in [1.165, 1.54) is 0 Å². The second-order valence-corrected chi connectivity index (χ2v) is 7.82. The van der Waals surface area contributed by atoms with Gasteiger partial charge in [-0.3, -0.25) is 0 Å². The fourth-order valence-electron chi connectivity index (χ4n) is 4.15. The first-order valence-electron chi connectivity index (χ1n) is 10.9. The molecular weight excluding hydrogens is 396 g/mol. The molecule has 0 atom stereocenters. The van der Waals surface area contributed by atoms with Gasteiger partial charge in [0.05, 0.1) is 11.1 Å². The molecular formula is C27H30N4O+2. The predicted octanol–water partition coefficient (Wildman–Crippen LogP) is 3.63. The summed E-state index contributed by atoms with van der Waals surface area (Å²) in [6, 6.07) is 20.5. The highest BCUT2D eigenvalue weighted by Gasteiger charge is 2.25. The maximum absolute atomic E-state index is 11.1. The van der Waals surface area contributed by atoms with Crippen molar-refractivity contribution in [3.63, 3.8) is 0 Å². The standard InChI is InChI=1S/C27H30N4O/c1-3-15-28-17-19-30(26(28)23-11-7-5-8-12-23)21-25(32)22-31-20-18-29(16-4-2)27(31)24-13-9-6-10-14-24/h3-14,17-20,25,32H,1-2,15-16,21-22H2/q+2. The third kappa shape index (κ3) is 4.63. The van der Waals surface area contributed by atoms with Crippen LogP contribution in [0.3, 0.4) is 0 Å². The predicted molar refractivity (Wildman–Crippen MR) is 127 cm³/mol. The molecule has 4 aromatic rings. The van der Waals surface area contributed by atoms with Gasteiger partial charge in [0.15, 0.2) is 0 Å². The normalized spacial score (nSPS) is 11.1. The number of imidazole rings is 2. The van der Waals surface area contributed by atoms with E-state index in [0.29, 0.717) is 26.2 Å². The van der Waals surface area contributed by atoms with Crippen molar-refractivity contribution in [2.24, 2.45) is 0 Å². The molecule has 2 aromatic carbocycles. The molecule has 0 spiro atoms. The average Bonchev–Trinajstić information content (AvgIpc) is 3.39. The first-order valence-corrected chi connectivity index (χ1v) is 10.9. The number of hydrogen-bond acceptors (Lipinski definition) is 1. The molecule has 0 amide bonds. The Balaban J connectivity index is 1.61. The average molecular weight is 427 g/mol. The van der Waals surface area contributed by atoms with Gasteiger partial charge in [-0.05, 0) is 24.3 Å². The van der Waals surface area contributed by atoms with E-state index in [0.717, 1.165) is 22.8 Å². The van der Waals surface area contributed by atoms with Gasteiger partial charge in [0.25, 0.3) is 11.6 Å². The second kappa shape index (κ2) is 10.1. The van der Waals surface area contributed by atoms with Crippen LogP contribution in [-0.4, -0.2) is 20.3 Å². The monoisotopic (exact) mass is 426 g/mol. The van der Waals surface area contributed by atoms with E-state index in [9.17, 15) is 5.11 Å². The molecule has 5 heteroatoms. The Morgan fingerprint density at radius 1 is 0.719 bits per heavy atom. The summed E-state index contributed by atoms with van der Waals surface area (Å²) in [6.45, 7) is 10.2. The highest BCUT2D eigenvalue weighted by atomic mass is 16.3. The quantitative estimate of drug-likeness (QED) is 0.305. The highest BCUT2D eigenvalue weighted by molar-refractivity contribution is 5.53. The molecule has 0 aliphatic heterocycles. The first kappa shape index (κ1) is 21.5. The van der Waals surface area contributed by atoms with Crippen molar-refractivity contribution in [1.82, 2.24) is 9.13 Å². The summed E-state index contributed by atoms with van der Waals surface area (Å²) in [6.07, 6.45) is 11.4. The summed E-state index contributed by atoms with van der Waals surface area (Å²) >= 11 is 0. The smallest absolute Gasteiger partial charge is 0.289 e. The molecule has 32 heavy (non-hydrogen) atoms. The van der Waals surface area contributed by atoms with Gasteiger partial charge in [-0.25, -0.2) is 18.3 Å². The maximum Gasteiger partial charge on any atom is 0.289 e. The Bertz CT molecular complexity index is 1080. The summed E-state index contributed by atoms with van der Waals surface area (Å²) in [5.41, 5.74) is 2.22. The molecule has 0 unspecified atom stereocenters.